The van der Waals surface area contributed by atoms with Crippen molar-refractivity contribution in [3.8, 4) is 0 Å². The average molecular weight is 392 g/mol. The third-order valence-electron chi connectivity index (χ3n) is 5.31. The van der Waals surface area contributed by atoms with Gasteiger partial charge in [0.05, 0.1) is 5.56 Å². The van der Waals surface area contributed by atoms with Crippen LogP contribution in [-0.4, -0.2) is 54.2 Å². The summed E-state index contributed by atoms with van der Waals surface area (Å²) in [7, 11) is 0. The van der Waals surface area contributed by atoms with Gasteiger partial charge in [0.25, 0.3) is 0 Å². The number of alkyl halides is 3. The first-order valence-corrected chi connectivity index (χ1v) is 9.61. The maximum absolute atomic E-state index is 13.3. The third-order valence-corrected chi connectivity index (χ3v) is 5.31. The summed E-state index contributed by atoms with van der Waals surface area (Å²) >= 11 is 0. The van der Waals surface area contributed by atoms with Crippen molar-refractivity contribution < 1.29 is 13.2 Å². The van der Waals surface area contributed by atoms with E-state index in [4.69, 9.17) is 0 Å². The topological polar surface area (TPSA) is 48.4 Å². The van der Waals surface area contributed by atoms with Crippen molar-refractivity contribution in [2.45, 2.75) is 25.4 Å². The number of rotatable bonds is 3. The number of hydrogen-bond acceptors (Lipinski definition) is 6. The molecule has 0 radical (unpaired) electrons. The zero-order valence-corrected chi connectivity index (χ0v) is 15.6. The molecule has 2 aliphatic heterocycles. The van der Waals surface area contributed by atoms with Gasteiger partial charge in [-0.1, -0.05) is 0 Å². The molecule has 0 aliphatic carbocycles. The number of halogens is 3. The quantitative estimate of drug-likeness (QED) is 0.800. The minimum atomic E-state index is -4.41. The summed E-state index contributed by atoms with van der Waals surface area (Å²) < 4.78 is 39.8. The fourth-order valence-corrected chi connectivity index (χ4v) is 3.82. The van der Waals surface area contributed by atoms with E-state index in [1.807, 2.05) is 6.07 Å². The SMILES string of the molecule is FC(F)(F)c1cccnc1N1CCN(c2cc(N3CCCCC3)ncn2)CC1. The third kappa shape index (κ3) is 3.98. The van der Waals surface area contributed by atoms with Gasteiger partial charge in [0.1, 0.15) is 23.8 Å². The highest BCUT2D eigenvalue weighted by Gasteiger charge is 2.36. The van der Waals surface area contributed by atoms with Crippen LogP contribution in [0.1, 0.15) is 24.8 Å². The first kappa shape index (κ1) is 18.8. The van der Waals surface area contributed by atoms with Crippen molar-refractivity contribution in [3.63, 3.8) is 0 Å². The molecule has 0 N–H and O–H groups in total. The van der Waals surface area contributed by atoms with E-state index >= 15 is 0 Å². The van der Waals surface area contributed by atoms with Crippen LogP contribution in [0.2, 0.25) is 0 Å². The molecule has 2 aromatic rings. The molecule has 9 heteroatoms. The highest BCUT2D eigenvalue weighted by molar-refractivity contribution is 5.53. The van der Waals surface area contributed by atoms with Crippen molar-refractivity contribution in [1.82, 2.24) is 15.0 Å². The Bertz CT molecular complexity index is 798. The molecule has 2 saturated heterocycles. The lowest BCUT2D eigenvalue weighted by atomic mass is 10.1. The van der Waals surface area contributed by atoms with Gasteiger partial charge in [-0.3, -0.25) is 0 Å². The maximum atomic E-state index is 13.3. The molecule has 0 bridgehead atoms. The average Bonchev–Trinajstić information content (AvgIpc) is 2.74. The number of hydrogen-bond donors (Lipinski definition) is 0. The Kier molecular flexibility index (Phi) is 5.23. The molecular formula is C19H23F3N6. The van der Waals surface area contributed by atoms with Gasteiger partial charge >= 0.3 is 6.18 Å². The number of aromatic nitrogens is 3. The Morgan fingerprint density at radius 1 is 0.750 bits per heavy atom. The summed E-state index contributed by atoms with van der Waals surface area (Å²) in [5.41, 5.74) is -0.683. The number of pyridine rings is 1. The Labute approximate surface area is 162 Å². The van der Waals surface area contributed by atoms with Crippen LogP contribution in [-0.2, 0) is 6.18 Å². The molecule has 2 aliphatic rings. The van der Waals surface area contributed by atoms with Crippen LogP contribution in [0.5, 0.6) is 0 Å². The molecule has 4 rings (SSSR count). The monoisotopic (exact) mass is 392 g/mol. The lowest BCUT2D eigenvalue weighted by Crippen LogP contribution is -2.47. The van der Waals surface area contributed by atoms with Gasteiger partial charge in [0, 0.05) is 51.5 Å². The molecule has 0 aromatic carbocycles. The van der Waals surface area contributed by atoms with Crippen LogP contribution in [0.4, 0.5) is 30.6 Å². The van der Waals surface area contributed by atoms with Crippen molar-refractivity contribution in [2.75, 3.05) is 54.0 Å². The second-order valence-electron chi connectivity index (χ2n) is 7.13. The molecule has 6 nitrogen and oxygen atoms in total. The first-order chi connectivity index (χ1) is 13.5. The van der Waals surface area contributed by atoms with E-state index in [1.54, 1.807) is 11.2 Å². The summed E-state index contributed by atoms with van der Waals surface area (Å²) in [5, 5.41) is 0. The molecule has 0 unspecified atom stereocenters. The largest absolute Gasteiger partial charge is 0.419 e. The van der Waals surface area contributed by atoms with Gasteiger partial charge in [-0.2, -0.15) is 13.2 Å². The molecule has 0 saturated carbocycles. The molecule has 2 fully saturated rings. The Hall–Kier alpha value is -2.58. The predicted octanol–water partition coefficient (Wildman–Crippen LogP) is 3.21. The number of piperazine rings is 1. The van der Waals surface area contributed by atoms with Crippen molar-refractivity contribution in [2.24, 2.45) is 0 Å². The smallest absolute Gasteiger partial charge is 0.356 e. The molecule has 0 amide bonds. The zero-order chi connectivity index (χ0) is 19.6. The highest BCUT2D eigenvalue weighted by Crippen LogP contribution is 2.35. The molecule has 150 valence electrons. The van der Waals surface area contributed by atoms with E-state index in [2.05, 4.69) is 24.8 Å². The van der Waals surface area contributed by atoms with E-state index in [0.29, 0.717) is 26.2 Å². The minimum absolute atomic E-state index is 0.00587. The molecule has 0 spiro atoms. The molecule has 28 heavy (non-hydrogen) atoms. The van der Waals surface area contributed by atoms with Crippen LogP contribution in [0.3, 0.4) is 0 Å². The molecule has 4 heterocycles. The molecule has 0 atom stereocenters. The second kappa shape index (κ2) is 7.81. The summed E-state index contributed by atoms with van der Waals surface area (Å²) in [4.78, 5) is 18.9. The van der Waals surface area contributed by atoms with Gasteiger partial charge in [-0.15, -0.1) is 0 Å². The molecule has 2 aromatic heterocycles. The van der Waals surface area contributed by atoms with Crippen LogP contribution < -0.4 is 14.7 Å². The summed E-state index contributed by atoms with van der Waals surface area (Å²) in [6, 6.07) is 4.40. The van der Waals surface area contributed by atoms with E-state index in [1.165, 1.54) is 31.5 Å². The van der Waals surface area contributed by atoms with Gasteiger partial charge in [0.15, 0.2) is 0 Å². The first-order valence-electron chi connectivity index (χ1n) is 9.61. The van der Waals surface area contributed by atoms with Crippen molar-refractivity contribution >= 4 is 17.5 Å². The summed E-state index contributed by atoms with van der Waals surface area (Å²) in [5.74, 6) is 1.76. The lowest BCUT2D eigenvalue weighted by Gasteiger charge is -2.37. The second-order valence-corrected chi connectivity index (χ2v) is 7.13. The fraction of sp³-hybridized carbons (Fsp3) is 0.526. The van der Waals surface area contributed by atoms with E-state index in [9.17, 15) is 13.2 Å². The molecular weight excluding hydrogens is 369 g/mol. The van der Waals surface area contributed by atoms with Gasteiger partial charge < -0.3 is 14.7 Å². The van der Waals surface area contributed by atoms with Crippen molar-refractivity contribution in [1.29, 1.82) is 0 Å². The van der Waals surface area contributed by atoms with E-state index in [0.717, 1.165) is 30.8 Å². The summed E-state index contributed by atoms with van der Waals surface area (Å²) in [6.07, 6.45) is 2.17. The number of piperidine rings is 1. The predicted molar refractivity (Wildman–Crippen MR) is 102 cm³/mol. The maximum Gasteiger partial charge on any atom is 0.419 e. The Morgan fingerprint density at radius 3 is 2.00 bits per heavy atom. The van der Waals surface area contributed by atoms with Crippen LogP contribution in [0, 0.1) is 0 Å². The van der Waals surface area contributed by atoms with E-state index < -0.39 is 11.7 Å². The van der Waals surface area contributed by atoms with Crippen LogP contribution >= 0.6 is 0 Å². The van der Waals surface area contributed by atoms with E-state index in [-0.39, 0.29) is 5.82 Å². The van der Waals surface area contributed by atoms with Crippen LogP contribution in [0.15, 0.2) is 30.7 Å². The van der Waals surface area contributed by atoms with Crippen LogP contribution in [0.25, 0.3) is 0 Å². The number of nitrogens with zero attached hydrogens (tertiary/aromatic N) is 6. The Morgan fingerprint density at radius 2 is 1.36 bits per heavy atom. The van der Waals surface area contributed by atoms with Gasteiger partial charge in [0.2, 0.25) is 0 Å². The summed E-state index contributed by atoms with van der Waals surface area (Å²) in [6.45, 7) is 4.11. The lowest BCUT2D eigenvalue weighted by molar-refractivity contribution is -0.137. The minimum Gasteiger partial charge on any atom is -0.356 e. The number of anilines is 3. The van der Waals surface area contributed by atoms with Gasteiger partial charge in [-0.25, -0.2) is 15.0 Å². The zero-order valence-electron chi connectivity index (χ0n) is 15.6. The van der Waals surface area contributed by atoms with Crippen molar-refractivity contribution in [3.05, 3.63) is 36.3 Å². The fourth-order valence-electron chi connectivity index (χ4n) is 3.82. The Balaban J connectivity index is 1.45. The highest BCUT2D eigenvalue weighted by atomic mass is 19.4. The normalized spacial score (nSPS) is 18.5. The standard InChI is InChI=1S/C19H23F3N6/c20-19(21,22)15-5-4-6-23-18(15)28-11-9-27(10-12-28)17-13-16(24-14-25-17)26-7-2-1-3-8-26/h4-6,13-14H,1-3,7-12H2. The van der Waals surface area contributed by atoms with Gasteiger partial charge in [-0.05, 0) is 31.4 Å².